The Morgan fingerprint density at radius 3 is 2.32 bits per heavy atom. The van der Waals surface area contributed by atoms with E-state index < -0.39 is 53.5 Å². The zero-order valence-corrected chi connectivity index (χ0v) is 22.3. The Hall–Kier alpha value is -3.96. The van der Waals surface area contributed by atoms with Crippen molar-refractivity contribution in [3.8, 4) is 0 Å². The predicted octanol–water partition coefficient (Wildman–Crippen LogP) is 1.58. The van der Waals surface area contributed by atoms with Crippen molar-refractivity contribution in [2.75, 3.05) is 13.7 Å². The molecule has 1 aliphatic heterocycles. The van der Waals surface area contributed by atoms with E-state index in [0.29, 0.717) is 19.4 Å². The van der Waals surface area contributed by atoms with Crippen molar-refractivity contribution in [1.82, 2.24) is 25.3 Å². The van der Waals surface area contributed by atoms with Gasteiger partial charge in [-0.15, -0.1) is 5.10 Å². The molecule has 2 N–H and O–H groups in total. The van der Waals surface area contributed by atoms with E-state index in [-0.39, 0.29) is 18.4 Å². The standard InChI is InChI=1S/C26H35N5O7/c1-15(2)19(21(32)23-29-31(26(36)38-23)14-17-10-7-6-8-11-17)27-22(33)18-12-9-13-30(18)24(34)20(16(3)4)28-25(35)37-5/h6-8,10-11,15-16,18-20H,9,12-14H2,1-5H3,(H,27,33)(H,28,35)/t18-,19-,20-/m0/s1. The van der Waals surface area contributed by atoms with E-state index >= 15 is 0 Å². The van der Waals surface area contributed by atoms with Crippen LogP contribution in [0.1, 0.15) is 56.8 Å². The number of aromatic nitrogens is 2. The minimum atomic E-state index is -1.03. The number of nitrogens with zero attached hydrogens (tertiary/aromatic N) is 3. The van der Waals surface area contributed by atoms with Crippen LogP contribution in [-0.4, -0.2) is 70.2 Å². The fraction of sp³-hybridized carbons (Fsp3) is 0.538. The van der Waals surface area contributed by atoms with Crippen LogP contribution in [0.4, 0.5) is 4.79 Å². The molecule has 3 rings (SSSR count). The molecule has 12 nitrogen and oxygen atoms in total. The van der Waals surface area contributed by atoms with Gasteiger partial charge in [0.2, 0.25) is 17.6 Å². The summed E-state index contributed by atoms with van der Waals surface area (Å²) in [6.07, 6.45) is 0.252. The Morgan fingerprint density at radius 1 is 1.05 bits per heavy atom. The smallest absolute Gasteiger partial charge is 0.437 e. The maximum Gasteiger partial charge on any atom is 0.437 e. The van der Waals surface area contributed by atoms with Crippen LogP contribution in [0.5, 0.6) is 0 Å². The number of ketones is 1. The molecule has 2 heterocycles. The van der Waals surface area contributed by atoms with Gasteiger partial charge in [-0.25, -0.2) is 9.59 Å². The van der Waals surface area contributed by atoms with E-state index in [1.54, 1.807) is 27.7 Å². The molecule has 12 heteroatoms. The van der Waals surface area contributed by atoms with Crippen LogP contribution in [0.2, 0.25) is 0 Å². The molecule has 1 aromatic carbocycles. The molecule has 0 saturated carbocycles. The molecule has 0 bridgehead atoms. The van der Waals surface area contributed by atoms with Gasteiger partial charge in [0.25, 0.3) is 5.89 Å². The number of methoxy groups -OCH3 is 1. The number of Topliss-reactive ketones (excluding diaryl/α,β-unsaturated/α-hetero) is 1. The third-order valence-electron chi connectivity index (χ3n) is 6.47. The van der Waals surface area contributed by atoms with Crippen molar-refractivity contribution in [1.29, 1.82) is 0 Å². The molecule has 1 aromatic heterocycles. The number of benzene rings is 1. The zero-order valence-electron chi connectivity index (χ0n) is 22.3. The fourth-order valence-corrected chi connectivity index (χ4v) is 4.36. The summed E-state index contributed by atoms with van der Waals surface area (Å²) in [5.41, 5.74) is 0.808. The maximum atomic E-state index is 13.3. The van der Waals surface area contributed by atoms with Gasteiger partial charge in [-0.05, 0) is 30.2 Å². The molecule has 2 aromatic rings. The van der Waals surface area contributed by atoms with Crippen LogP contribution in [0, 0.1) is 11.8 Å². The average Bonchev–Trinajstić information content (AvgIpc) is 3.52. The second-order valence-corrected chi connectivity index (χ2v) is 9.96. The van der Waals surface area contributed by atoms with Crippen molar-refractivity contribution in [3.05, 3.63) is 52.3 Å². The highest BCUT2D eigenvalue weighted by atomic mass is 16.5. The van der Waals surface area contributed by atoms with Crippen LogP contribution < -0.4 is 16.4 Å². The van der Waals surface area contributed by atoms with Gasteiger partial charge in [-0.1, -0.05) is 58.0 Å². The van der Waals surface area contributed by atoms with E-state index in [2.05, 4.69) is 20.5 Å². The third-order valence-corrected chi connectivity index (χ3v) is 6.47. The topological polar surface area (TPSA) is 153 Å². The minimum absolute atomic E-state index is 0.130. The number of amides is 3. The summed E-state index contributed by atoms with van der Waals surface area (Å²) in [5.74, 6) is -3.32. The third kappa shape index (κ3) is 6.67. The first kappa shape index (κ1) is 28.6. The molecule has 3 atom stereocenters. The van der Waals surface area contributed by atoms with Gasteiger partial charge >= 0.3 is 11.8 Å². The number of hydrogen-bond acceptors (Lipinski definition) is 8. The van der Waals surface area contributed by atoms with E-state index in [4.69, 9.17) is 4.42 Å². The van der Waals surface area contributed by atoms with Crippen LogP contribution in [-0.2, 0) is 20.9 Å². The highest BCUT2D eigenvalue weighted by Crippen LogP contribution is 2.21. The molecule has 0 aliphatic carbocycles. The largest absolute Gasteiger partial charge is 0.453 e. The number of likely N-dealkylation sites (tertiary alicyclic amines) is 1. The molecular weight excluding hydrogens is 494 g/mol. The molecule has 38 heavy (non-hydrogen) atoms. The normalized spacial score (nSPS) is 16.8. The Balaban J connectivity index is 1.75. The minimum Gasteiger partial charge on any atom is -0.453 e. The van der Waals surface area contributed by atoms with Gasteiger partial charge in [-0.3, -0.25) is 14.4 Å². The molecule has 0 unspecified atom stereocenters. The maximum absolute atomic E-state index is 13.3. The van der Waals surface area contributed by atoms with Crippen LogP contribution >= 0.6 is 0 Å². The summed E-state index contributed by atoms with van der Waals surface area (Å²) in [5, 5.41) is 9.32. The Morgan fingerprint density at radius 2 is 1.71 bits per heavy atom. The molecule has 0 radical (unpaired) electrons. The summed E-state index contributed by atoms with van der Waals surface area (Å²) >= 11 is 0. The van der Waals surface area contributed by atoms with Crippen molar-refractivity contribution >= 4 is 23.7 Å². The van der Waals surface area contributed by atoms with Crippen molar-refractivity contribution in [2.24, 2.45) is 11.8 Å². The summed E-state index contributed by atoms with van der Waals surface area (Å²) in [4.78, 5) is 65.3. The SMILES string of the molecule is COC(=O)N[C@H](C(=O)N1CCC[C@H]1C(=O)N[C@H](C(=O)c1nn(Cc2ccccc2)c(=O)o1)C(C)C)C(C)C. The van der Waals surface area contributed by atoms with E-state index in [1.165, 1.54) is 12.0 Å². The second-order valence-electron chi connectivity index (χ2n) is 9.96. The first-order valence-electron chi connectivity index (χ1n) is 12.6. The first-order valence-corrected chi connectivity index (χ1v) is 12.6. The highest BCUT2D eigenvalue weighted by molar-refractivity contribution is 6.00. The summed E-state index contributed by atoms with van der Waals surface area (Å²) < 4.78 is 10.8. The molecule has 1 saturated heterocycles. The van der Waals surface area contributed by atoms with Crippen LogP contribution in [0.3, 0.4) is 0 Å². The monoisotopic (exact) mass is 529 g/mol. The zero-order chi connectivity index (χ0) is 28.0. The molecule has 3 amide bonds. The van der Waals surface area contributed by atoms with Gasteiger partial charge in [0.1, 0.15) is 12.1 Å². The molecule has 206 valence electrons. The van der Waals surface area contributed by atoms with Gasteiger partial charge in [0.05, 0.1) is 19.7 Å². The Labute approximate surface area is 220 Å². The Kier molecular flexibility index (Phi) is 9.43. The predicted molar refractivity (Wildman–Crippen MR) is 136 cm³/mol. The second kappa shape index (κ2) is 12.5. The number of hydrogen-bond donors (Lipinski definition) is 2. The number of alkyl carbamates (subject to hydrolysis) is 1. The lowest BCUT2D eigenvalue weighted by atomic mass is 9.98. The van der Waals surface area contributed by atoms with Gasteiger partial charge < -0.3 is 24.7 Å². The van der Waals surface area contributed by atoms with Gasteiger partial charge in [0, 0.05) is 6.54 Å². The lowest BCUT2D eigenvalue weighted by Crippen LogP contribution is -2.57. The number of ether oxygens (including phenoxy) is 1. The number of rotatable bonds is 10. The highest BCUT2D eigenvalue weighted by Gasteiger charge is 2.40. The molecule has 1 aliphatic rings. The van der Waals surface area contributed by atoms with E-state index in [9.17, 15) is 24.0 Å². The van der Waals surface area contributed by atoms with Crippen molar-refractivity contribution in [2.45, 2.75) is 65.2 Å². The summed E-state index contributed by atoms with van der Waals surface area (Å²) in [7, 11) is 1.21. The lowest BCUT2D eigenvalue weighted by Gasteiger charge is -2.31. The fourth-order valence-electron chi connectivity index (χ4n) is 4.36. The molecule has 0 spiro atoms. The van der Waals surface area contributed by atoms with Gasteiger partial charge in [0.15, 0.2) is 0 Å². The van der Waals surface area contributed by atoms with Crippen LogP contribution in [0.25, 0.3) is 0 Å². The summed E-state index contributed by atoms with van der Waals surface area (Å²) in [6, 6.07) is 6.40. The van der Waals surface area contributed by atoms with Gasteiger partial charge in [-0.2, -0.15) is 4.68 Å². The van der Waals surface area contributed by atoms with E-state index in [1.807, 2.05) is 30.3 Å². The summed E-state index contributed by atoms with van der Waals surface area (Å²) in [6.45, 7) is 7.51. The van der Waals surface area contributed by atoms with Crippen LogP contribution in [0.15, 0.2) is 39.5 Å². The number of nitrogens with one attached hydrogen (secondary N) is 2. The van der Waals surface area contributed by atoms with Crippen molar-refractivity contribution in [3.63, 3.8) is 0 Å². The Bertz CT molecular complexity index is 1200. The first-order chi connectivity index (χ1) is 18.0. The quantitative estimate of drug-likeness (QED) is 0.440. The molecule has 1 fully saturated rings. The van der Waals surface area contributed by atoms with Crippen molar-refractivity contribution < 1.29 is 28.3 Å². The number of carbonyl (C=O) groups excluding carboxylic acids is 4. The number of carbonyl (C=O) groups is 4. The lowest BCUT2D eigenvalue weighted by molar-refractivity contribution is -0.141. The average molecular weight is 530 g/mol. The van der Waals surface area contributed by atoms with E-state index in [0.717, 1.165) is 10.2 Å². The molecular formula is C26H35N5O7.